The number of hydrogen-bond donors (Lipinski definition) is 0. The van der Waals surface area contributed by atoms with Gasteiger partial charge in [0.2, 0.25) is 5.90 Å². The molecule has 1 heterocycles. The molecule has 3 aromatic rings. The highest BCUT2D eigenvalue weighted by atomic mass is 127. The van der Waals surface area contributed by atoms with E-state index in [4.69, 9.17) is 25.8 Å². The van der Waals surface area contributed by atoms with E-state index in [0.717, 1.165) is 15.6 Å². The summed E-state index contributed by atoms with van der Waals surface area (Å²) in [7, 11) is 0. The second-order valence-corrected chi connectivity index (χ2v) is 8.73. The highest BCUT2D eigenvalue weighted by Gasteiger charge is 2.25. The third-order valence-corrected chi connectivity index (χ3v) is 5.97. The molecule has 3 aromatic carbocycles. The third kappa shape index (κ3) is 5.75. The van der Waals surface area contributed by atoms with E-state index in [1.54, 1.807) is 24.3 Å². The molecule has 0 N–H and O–H groups in total. The lowest BCUT2D eigenvalue weighted by Gasteiger charge is -2.15. The number of carbonyl (C=O) groups excluding carboxylic acids is 1. The van der Waals surface area contributed by atoms with Crippen LogP contribution in [0, 0.1) is 3.57 Å². The molecule has 168 valence electrons. The van der Waals surface area contributed by atoms with E-state index >= 15 is 0 Å². The van der Waals surface area contributed by atoms with E-state index in [1.807, 2.05) is 43.3 Å². The van der Waals surface area contributed by atoms with Crippen LogP contribution in [0.4, 0.5) is 0 Å². The predicted molar refractivity (Wildman–Crippen MR) is 138 cm³/mol. The van der Waals surface area contributed by atoms with E-state index in [0.29, 0.717) is 35.3 Å². The normalized spacial score (nSPS) is 14.2. The summed E-state index contributed by atoms with van der Waals surface area (Å²) in [6.45, 7) is 2.93. The lowest BCUT2D eigenvalue weighted by Crippen LogP contribution is -2.06. The van der Waals surface area contributed by atoms with Crippen LogP contribution >= 0.6 is 34.2 Å². The fourth-order valence-electron chi connectivity index (χ4n) is 3.31. The zero-order chi connectivity index (χ0) is 23.2. The summed E-state index contributed by atoms with van der Waals surface area (Å²) < 4.78 is 18.1. The zero-order valence-electron chi connectivity index (χ0n) is 17.9. The van der Waals surface area contributed by atoms with Gasteiger partial charge in [-0.3, -0.25) is 0 Å². The van der Waals surface area contributed by atoms with Gasteiger partial charge in [0.05, 0.1) is 27.4 Å². The Balaban J connectivity index is 1.57. The molecular weight excluding hydrogens is 553 g/mol. The maximum Gasteiger partial charge on any atom is 0.363 e. The molecule has 7 heteroatoms. The van der Waals surface area contributed by atoms with Gasteiger partial charge in [0.25, 0.3) is 0 Å². The van der Waals surface area contributed by atoms with Crippen LogP contribution in [0.5, 0.6) is 11.5 Å². The minimum atomic E-state index is -0.527. The maximum atomic E-state index is 12.4. The van der Waals surface area contributed by atoms with Gasteiger partial charge in [0.1, 0.15) is 0 Å². The number of carbonyl (C=O) groups is 1. The Morgan fingerprint density at radius 3 is 2.58 bits per heavy atom. The van der Waals surface area contributed by atoms with Gasteiger partial charge in [0, 0.05) is 6.42 Å². The van der Waals surface area contributed by atoms with E-state index in [1.165, 1.54) is 5.56 Å². The molecule has 0 aromatic heterocycles. The minimum absolute atomic E-state index is 0.192. The van der Waals surface area contributed by atoms with Gasteiger partial charge in [0.15, 0.2) is 17.2 Å². The molecule has 4 rings (SSSR count). The van der Waals surface area contributed by atoms with Crippen molar-refractivity contribution in [1.29, 1.82) is 0 Å². The SMILES string of the molecule is CCOc1cc(/C=C2\N=C(c3ccccc3Cl)OC2=O)cc(I)c1OCCc1ccccc1. The van der Waals surface area contributed by atoms with Crippen molar-refractivity contribution in [2.75, 3.05) is 13.2 Å². The second kappa shape index (κ2) is 10.9. The molecule has 0 atom stereocenters. The molecule has 0 spiro atoms. The number of ether oxygens (including phenoxy) is 3. The Labute approximate surface area is 211 Å². The molecule has 0 fully saturated rings. The molecule has 0 saturated heterocycles. The number of hydrogen-bond acceptors (Lipinski definition) is 5. The average Bonchev–Trinajstić information content (AvgIpc) is 3.16. The van der Waals surface area contributed by atoms with Crippen molar-refractivity contribution in [3.63, 3.8) is 0 Å². The third-order valence-electron chi connectivity index (χ3n) is 4.84. The van der Waals surface area contributed by atoms with Crippen molar-refractivity contribution in [2.45, 2.75) is 13.3 Å². The van der Waals surface area contributed by atoms with Gasteiger partial charge in [-0.1, -0.05) is 54.1 Å². The lowest BCUT2D eigenvalue weighted by molar-refractivity contribution is -0.129. The summed E-state index contributed by atoms with van der Waals surface area (Å²) in [6.07, 6.45) is 2.46. The van der Waals surface area contributed by atoms with Crippen LogP contribution in [0.25, 0.3) is 6.08 Å². The summed E-state index contributed by atoms with van der Waals surface area (Å²) in [5, 5.41) is 0.468. The van der Waals surface area contributed by atoms with Crippen LogP contribution in [-0.2, 0) is 16.0 Å². The largest absolute Gasteiger partial charge is 0.490 e. The maximum absolute atomic E-state index is 12.4. The Morgan fingerprint density at radius 1 is 1.06 bits per heavy atom. The highest BCUT2D eigenvalue weighted by Crippen LogP contribution is 2.35. The second-order valence-electron chi connectivity index (χ2n) is 7.16. The standard InChI is InChI=1S/C26H21ClINO4/c1-2-31-23-16-18(14-21(28)24(23)32-13-12-17-8-4-3-5-9-17)15-22-26(30)33-25(29-22)19-10-6-7-11-20(19)27/h3-11,14-16H,2,12-13H2,1H3/b22-15-. The molecule has 0 amide bonds. The van der Waals surface area contributed by atoms with Crippen molar-refractivity contribution in [3.8, 4) is 11.5 Å². The molecule has 0 unspecified atom stereocenters. The van der Waals surface area contributed by atoms with Gasteiger partial charge in [-0.15, -0.1) is 0 Å². The van der Waals surface area contributed by atoms with Gasteiger partial charge in [-0.2, -0.15) is 0 Å². The minimum Gasteiger partial charge on any atom is -0.490 e. The number of rotatable bonds is 8. The van der Waals surface area contributed by atoms with Crippen LogP contribution in [-0.4, -0.2) is 25.1 Å². The summed E-state index contributed by atoms with van der Waals surface area (Å²) in [6, 6.07) is 21.0. The van der Waals surface area contributed by atoms with Crippen molar-refractivity contribution in [3.05, 3.63) is 97.7 Å². The topological polar surface area (TPSA) is 57.1 Å². The summed E-state index contributed by atoms with van der Waals surface area (Å²) in [5.74, 6) is 0.967. The smallest absolute Gasteiger partial charge is 0.363 e. The first-order valence-electron chi connectivity index (χ1n) is 10.5. The summed E-state index contributed by atoms with van der Waals surface area (Å²) >= 11 is 8.42. The molecule has 1 aliphatic rings. The Kier molecular flexibility index (Phi) is 7.67. The van der Waals surface area contributed by atoms with Crippen molar-refractivity contribution >= 4 is 52.1 Å². The molecule has 0 aliphatic carbocycles. The van der Waals surface area contributed by atoms with Crippen molar-refractivity contribution in [1.82, 2.24) is 0 Å². The Bertz CT molecular complexity index is 1220. The first-order valence-corrected chi connectivity index (χ1v) is 11.9. The van der Waals surface area contributed by atoms with Crippen LogP contribution in [0.3, 0.4) is 0 Å². The van der Waals surface area contributed by atoms with Crippen LogP contribution in [0.15, 0.2) is 77.4 Å². The van der Waals surface area contributed by atoms with Crippen LogP contribution < -0.4 is 9.47 Å². The number of halogens is 2. The fourth-order valence-corrected chi connectivity index (χ4v) is 4.30. The molecule has 0 saturated carbocycles. The number of benzene rings is 3. The zero-order valence-corrected chi connectivity index (χ0v) is 20.8. The van der Waals surface area contributed by atoms with Crippen LogP contribution in [0.2, 0.25) is 5.02 Å². The number of cyclic esters (lactones) is 1. The van der Waals surface area contributed by atoms with Crippen molar-refractivity contribution in [2.24, 2.45) is 4.99 Å². The van der Waals surface area contributed by atoms with E-state index < -0.39 is 5.97 Å². The van der Waals surface area contributed by atoms with E-state index in [9.17, 15) is 4.79 Å². The molecular formula is C26H21ClINO4. The average molecular weight is 574 g/mol. The molecule has 5 nitrogen and oxygen atoms in total. The Hall–Kier alpha value is -2.84. The molecule has 0 radical (unpaired) electrons. The molecule has 1 aliphatic heterocycles. The van der Waals surface area contributed by atoms with Gasteiger partial charge in [-0.25, -0.2) is 9.79 Å². The van der Waals surface area contributed by atoms with Gasteiger partial charge >= 0.3 is 5.97 Å². The van der Waals surface area contributed by atoms with E-state index in [2.05, 4.69) is 39.7 Å². The number of esters is 1. The monoisotopic (exact) mass is 573 g/mol. The quantitative estimate of drug-likeness (QED) is 0.180. The van der Waals surface area contributed by atoms with Crippen molar-refractivity contribution < 1.29 is 19.0 Å². The predicted octanol–water partition coefficient (Wildman–Crippen LogP) is 6.31. The first kappa shape index (κ1) is 23.3. The molecule has 0 bridgehead atoms. The number of aliphatic imine (C=N–C) groups is 1. The molecule has 33 heavy (non-hydrogen) atoms. The summed E-state index contributed by atoms with van der Waals surface area (Å²) in [5.41, 5.74) is 2.73. The Morgan fingerprint density at radius 2 is 1.82 bits per heavy atom. The highest BCUT2D eigenvalue weighted by molar-refractivity contribution is 14.1. The fraction of sp³-hybridized carbons (Fsp3) is 0.154. The number of nitrogens with zero attached hydrogens (tertiary/aromatic N) is 1. The first-order chi connectivity index (χ1) is 16.0. The van der Waals surface area contributed by atoms with Gasteiger partial charge in [-0.05, 0) is 71.0 Å². The van der Waals surface area contributed by atoms with Gasteiger partial charge < -0.3 is 14.2 Å². The summed E-state index contributed by atoms with van der Waals surface area (Å²) in [4.78, 5) is 16.8. The lowest BCUT2D eigenvalue weighted by atomic mass is 10.1. The van der Waals surface area contributed by atoms with E-state index in [-0.39, 0.29) is 11.6 Å². The van der Waals surface area contributed by atoms with Crippen LogP contribution in [0.1, 0.15) is 23.6 Å².